The second kappa shape index (κ2) is 4.49. The second-order valence-corrected chi connectivity index (χ2v) is 3.03. The topological polar surface area (TPSA) is 84.5 Å². The molecule has 1 atom stereocenters. The van der Waals surface area contributed by atoms with Gasteiger partial charge < -0.3 is 20.7 Å². The molecule has 0 heterocycles. The van der Waals surface area contributed by atoms with E-state index in [0.717, 1.165) is 6.21 Å². The number of benzene rings is 1. The minimum Gasteiger partial charge on any atom is -0.504 e. The van der Waals surface area contributed by atoms with Crippen molar-refractivity contribution in [1.29, 1.82) is 5.41 Å². The molecule has 0 spiro atoms. The van der Waals surface area contributed by atoms with Gasteiger partial charge in [0, 0.05) is 6.21 Å². The predicted molar refractivity (Wildman–Crippen MR) is 56.2 cm³/mol. The summed E-state index contributed by atoms with van der Waals surface area (Å²) in [5, 5.41) is 34.7. The van der Waals surface area contributed by atoms with Gasteiger partial charge in [-0.1, -0.05) is 11.8 Å². The number of aliphatic hydroxyl groups excluding tert-OH is 1. The molecule has 0 saturated heterocycles. The molecule has 0 aromatic heterocycles. The summed E-state index contributed by atoms with van der Waals surface area (Å²) in [6.07, 6.45) is 0.224. The number of hydrogen-bond acceptors (Lipinski definition) is 4. The third-order valence-corrected chi connectivity index (χ3v) is 1.69. The fraction of sp³-hybridized carbons (Fsp3) is 0.182. The molecule has 1 rings (SSSR count). The van der Waals surface area contributed by atoms with Crippen molar-refractivity contribution >= 4 is 6.21 Å². The smallest absolute Gasteiger partial charge is 0.173 e. The molecule has 4 N–H and O–H groups in total. The molecular formula is C11H11NO3. The number of aliphatic hydroxyl groups is 1. The van der Waals surface area contributed by atoms with E-state index in [9.17, 15) is 10.2 Å². The third-order valence-electron chi connectivity index (χ3n) is 1.69. The highest BCUT2D eigenvalue weighted by molar-refractivity contribution is 5.80. The Kier molecular flexibility index (Phi) is 3.32. The fourth-order valence-electron chi connectivity index (χ4n) is 1.00. The number of aromatic hydroxyl groups is 2. The SMILES string of the molecule is CC(O)C#Cc1cc(C=N)cc(O)c1O. The summed E-state index contributed by atoms with van der Waals surface area (Å²) >= 11 is 0. The number of phenols is 2. The normalized spacial score (nSPS) is 11.3. The Balaban J connectivity index is 3.24. The van der Waals surface area contributed by atoms with Gasteiger partial charge in [-0.3, -0.25) is 0 Å². The van der Waals surface area contributed by atoms with Crippen LogP contribution < -0.4 is 0 Å². The number of hydrogen-bond donors (Lipinski definition) is 4. The Labute approximate surface area is 87.3 Å². The molecule has 0 saturated carbocycles. The van der Waals surface area contributed by atoms with Crippen LogP contribution in [0.25, 0.3) is 0 Å². The Morgan fingerprint density at radius 1 is 1.40 bits per heavy atom. The molecule has 1 unspecified atom stereocenters. The lowest BCUT2D eigenvalue weighted by atomic mass is 10.1. The minimum atomic E-state index is -0.810. The summed E-state index contributed by atoms with van der Waals surface area (Å²) < 4.78 is 0. The van der Waals surface area contributed by atoms with E-state index in [1.165, 1.54) is 19.1 Å². The molecule has 0 aliphatic carbocycles. The highest BCUT2D eigenvalue weighted by Gasteiger charge is 2.06. The quantitative estimate of drug-likeness (QED) is 0.311. The molecule has 78 valence electrons. The van der Waals surface area contributed by atoms with Crippen LogP contribution in [0.5, 0.6) is 11.5 Å². The zero-order chi connectivity index (χ0) is 11.4. The van der Waals surface area contributed by atoms with E-state index in [1.807, 2.05) is 0 Å². The maximum Gasteiger partial charge on any atom is 0.173 e. The van der Waals surface area contributed by atoms with Gasteiger partial charge in [-0.2, -0.15) is 0 Å². The van der Waals surface area contributed by atoms with Crippen molar-refractivity contribution in [3.05, 3.63) is 23.3 Å². The number of rotatable bonds is 1. The summed E-state index contributed by atoms with van der Waals surface area (Å²) in [5.74, 6) is 4.29. The lowest BCUT2D eigenvalue weighted by Crippen LogP contribution is -1.93. The Morgan fingerprint density at radius 3 is 2.60 bits per heavy atom. The van der Waals surface area contributed by atoms with E-state index in [4.69, 9.17) is 10.5 Å². The molecule has 4 heteroatoms. The van der Waals surface area contributed by atoms with Crippen molar-refractivity contribution in [3.63, 3.8) is 0 Å². The van der Waals surface area contributed by atoms with Crippen LogP contribution in [0.15, 0.2) is 12.1 Å². The number of nitrogens with one attached hydrogen (secondary N) is 1. The Morgan fingerprint density at radius 2 is 2.07 bits per heavy atom. The van der Waals surface area contributed by atoms with Gasteiger partial charge in [-0.25, -0.2) is 0 Å². The van der Waals surface area contributed by atoms with Crippen LogP contribution in [0.1, 0.15) is 18.1 Å². The molecule has 0 aliphatic rings. The van der Waals surface area contributed by atoms with Crippen molar-refractivity contribution in [3.8, 4) is 23.3 Å². The van der Waals surface area contributed by atoms with E-state index >= 15 is 0 Å². The van der Waals surface area contributed by atoms with Gasteiger partial charge in [-0.05, 0) is 24.6 Å². The molecule has 15 heavy (non-hydrogen) atoms. The standard InChI is InChI=1S/C11H11NO3/c1-7(13)2-3-9-4-8(6-12)5-10(14)11(9)15/h4-7,12-15H,1H3. The van der Waals surface area contributed by atoms with Crippen LogP contribution in [0.2, 0.25) is 0 Å². The fourth-order valence-corrected chi connectivity index (χ4v) is 1.00. The first-order chi connectivity index (χ1) is 7.04. The predicted octanol–water partition coefficient (Wildman–Crippen LogP) is 0.828. The maximum atomic E-state index is 9.42. The van der Waals surface area contributed by atoms with E-state index in [1.54, 1.807) is 0 Å². The monoisotopic (exact) mass is 205 g/mol. The van der Waals surface area contributed by atoms with Crippen molar-refractivity contribution in [2.75, 3.05) is 0 Å². The van der Waals surface area contributed by atoms with Gasteiger partial charge >= 0.3 is 0 Å². The van der Waals surface area contributed by atoms with Crippen LogP contribution >= 0.6 is 0 Å². The molecule has 4 nitrogen and oxygen atoms in total. The average Bonchev–Trinajstić information content (AvgIpc) is 2.19. The molecular weight excluding hydrogens is 194 g/mol. The van der Waals surface area contributed by atoms with Crippen LogP contribution in [0, 0.1) is 17.3 Å². The van der Waals surface area contributed by atoms with Gasteiger partial charge in [0.2, 0.25) is 0 Å². The summed E-state index contributed by atoms with van der Waals surface area (Å²) in [6, 6.07) is 2.72. The van der Waals surface area contributed by atoms with Crippen molar-refractivity contribution in [2.24, 2.45) is 0 Å². The van der Waals surface area contributed by atoms with Crippen molar-refractivity contribution in [1.82, 2.24) is 0 Å². The lowest BCUT2D eigenvalue weighted by Gasteiger charge is -2.02. The summed E-state index contributed by atoms with van der Waals surface area (Å²) in [7, 11) is 0. The van der Waals surface area contributed by atoms with E-state index in [2.05, 4.69) is 11.8 Å². The van der Waals surface area contributed by atoms with E-state index < -0.39 is 6.10 Å². The molecule has 0 aliphatic heterocycles. The highest BCUT2D eigenvalue weighted by atomic mass is 16.3. The second-order valence-electron chi connectivity index (χ2n) is 3.03. The van der Waals surface area contributed by atoms with Crippen LogP contribution in [0.4, 0.5) is 0 Å². The minimum absolute atomic E-state index is 0.189. The zero-order valence-electron chi connectivity index (χ0n) is 8.15. The van der Waals surface area contributed by atoms with Gasteiger partial charge in [0.25, 0.3) is 0 Å². The van der Waals surface area contributed by atoms with Gasteiger partial charge in [0.05, 0.1) is 5.56 Å². The summed E-state index contributed by atoms with van der Waals surface area (Å²) in [6.45, 7) is 1.49. The molecule has 0 fully saturated rings. The first kappa shape index (κ1) is 11.1. The molecule has 0 bridgehead atoms. The van der Waals surface area contributed by atoms with Crippen molar-refractivity contribution in [2.45, 2.75) is 13.0 Å². The van der Waals surface area contributed by atoms with Crippen molar-refractivity contribution < 1.29 is 15.3 Å². The van der Waals surface area contributed by atoms with Crippen LogP contribution in [-0.4, -0.2) is 27.6 Å². The first-order valence-corrected chi connectivity index (χ1v) is 4.30. The zero-order valence-corrected chi connectivity index (χ0v) is 8.15. The van der Waals surface area contributed by atoms with Gasteiger partial charge in [0.15, 0.2) is 11.5 Å². The average molecular weight is 205 g/mol. The molecule has 0 radical (unpaired) electrons. The lowest BCUT2D eigenvalue weighted by molar-refractivity contribution is 0.253. The molecule has 0 amide bonds. The van der Waals surface area contributed by atoms with Gasteiger partial charge in [-0.15, -0.1) is 0 Å². The molecule has 1 aromatic carbocycles. The third kappa shape index (κ3) is 2.73. The summed E-state index contributed by atoms with van der Waals surface area (Å²) in [4.78, 5) is 0. The van der Waals surface area contributed by atoms with E-state index in [-0.39, 0.29) is 17.1 Å². The Bertz CT molecular complexity index is 441. The number of phenolic OH excluding ortho intramolecular Hbond substituents is 2. The Hall–Kier alpha value is -1.99. The van der Waals surface area contributed by atoms with E-state index in [0.29, 0.717) is 5.56 Å². The van der Waals surface area contributed by atoms with Crippen LogP contribution in [0.3, 0.4) is 0 Å². The maximum absolute atomic E-state index is 9.42. The van der Waals surface area contributed by atoms with Gasteiger partial charge in [0.1, 0.15) is 6.10 Å². The first-order valence-electron chi connectivity index (χ1n) is 4.30. The van der Waals surface area contributed by atoms with Crippen LogP contribution in [-0.2, 0) is 0 Å². The largest absolute Gasteiger partial charge is 0.504 e. The summed E-state index contributed by atoms with van der Waals surface area (Å²) in [5.41, 5.74) is 0.620. The highest BCUT2D eigenvalue weighted by Crippen LogP contribution is 2.29. The molecule has 1 aromatic rings.